The van der Waals surface area contributed by atoms with Crippen molar-refractivity contribution in [3.63, 3.8) is 0 Å². The Kier molecular flexibility index (Phi) is 6.03. The zero-order valence-corrected chi connectivity index (χ0v) is 17.1. The molecule has 0 amide bonds. The van der Waals surface area contributed by atoms with Gasteiger partial charge in [-0.05, 0) is 39.0 Å². The van der Waals surface area contributed by atoms with E-state index in [1.165, 1.54) is 5.56 Å². The van der Waals surface area contributed by atoms with Gasteiger partial charge in [0.1, 0.15) is 11.4 Å². The summed E-state index contributed by atoms with van der Waals surface area (Å²) in [6, 6.07) is 8.46. The molecule has 1 atom stereocenters. The van der Waals surface area contributed by atoms with Crippen LogP contribution < -0.4 is 15.4 Å². The lowest BCUT2D eigenvalue weighted by Crippen LogP contribution is -2.50. The predicted molar refractivity (Wildman–Crippen MR) is 109 cm³/mol. The fourth-order valence-corrected chi connectivity index (χ4v) is 4.52. The maximum Gasteiger partial charge on any atom is 0.191 e. The zero-order valence-electron chi connectivity index (χ0n) is 16.3. The van der Waals surface area contributed by atoms with E-state index in [1.807, 2.05) is 30.9 Å². The Bertz CT molecular complexity index is 642. The van der Waals surface area contributed by atoms with E-state index < -0.39 is 0 Å². The quantitative estimate of drug-likeness (QED) is 0.622. The monoisotopic (exact) mass is 377 g/mol. The van der Waals surface area contributed by atoms with Gasteiger partial charge >= 0.3 is 0 Å². The molecule has 2 aliphatic rings. The predicted octanol–water partition coefficient (Wildman–Crippen LogP) is 3.37. The van der Waals surface area contributed by atoms with Crippen LogP contribution in [0.2, 0.25) is 0 Å². The molecule has 0 radical (unpaired) electrons. The van der Waals surface area contributed by atoms with Crippen molar-refractivity contribution < 1.29 is 9.47 Å². The molecule has 0 aliphatic carbocycles. The first-order valence-electron chi connectivity index (χ1n) is 9.35. The zero-order chi connectivity index (χ0) is 18.6. The lowest BCUT2D eigenvalue weighted by Gasteiger charge is -2.39. The second kappa shape index (κ2) is 8.09. The van der Waals surface area contributed by atoms with E-state index >= 15 is 0 Å². The number of hydrogen-bond donors (Lipinski definition) is 2. The Labute approximate surface area is 161 Å². The molecule has 26 heavy (non-hydrogen) atoms. The van der Waals surface area contributed by atoms with Crippen molar-refractivity contribution in [3.8, 4) is 5.75 Å². The van der Waals surface area contributed by atoms with Gasteiger partial charge in [-0.25, -0.2) is 0 Å². The molecule has 1 unspecified atom stereocenters. The van der Waals surface area contributed by atoms with Gasteiger partial charge in [-0.1, -0.05) is 18.2 Å². The number of aliphatic imine (C=N–C) groups is 1. The number of nitrogens with one attached hydrogen (secondary N) is 2. The molecule has 0 bridgehead atoms. The van der Waals surface area contributed by atoms with Crippen LogP contribution >= 0.6 is 11.8 Å². The SMILES string of the molecule is CN=C(NCC1(SC)CCOCC1)NC1CC(C)(C)Oc2ccccc21. The van der Waals surface area contributed by atoms with E-state index in [4.69, 9.17) is 9.47 Å². The molecular formula is C20H31N3O2S. The minimum atomic E-state index is -0.202. The Morgan fingerprint density at radius 1 is 1.27 bits per heavy atom. The third-order valence-corrected chi connectivity index (χ3v) is 6.74. The van der Waals surface area contributed by atoms with Crippen LogP contribution in [0, 0.1) is 0 Å². The van der Waals surface area contributed by atoms with Crippen molar-refractivity contribution >= 4 is 17.7 Å². The molecule has 3 rings (SSSR count). The summed E-state index contributed by atoms with van der Waals surface area (Å²) >= 11 is 1.93. The van der Waals surface area contributed by atoms with Gasteiger partial charge in [-0.15, -0.1) is 0 Å². The highest BCUT2D eigenvalue weighted by atomic mass is 32.2. The van der Waals surface area contributed by atoms with Gasteiger partial charge in [-0.2, -0.15) is 11.8 Å². The van der Waals surface area contributed by atoms with Crippen molar-refractivity contribution in [2.24, 2.45) is 4.99 Å². The summed E-state index contributed by atoms with van der Waals surface area (Å²) in [6.45, 7) is 6.86. The van der Waals surface area contributed by atoms with Crippen molar-refractivity contribution in [2.75, 3.05) is 33.1 Å². The molecule has 0 spiro atoms. The van der Waals surface area contributed by atoms with Gasteiger partial charge in [-0.3, -0.25) is 4.99 Å². The lowest BCUT2D eigenvalue weighted by molar-refractivity contribution is 0.0691. The van der Waals surface area contributed by atoms with Crippen LogP contribution in [0.1, 0.15) is 44.7 Å². The summed E-state index contributed by atoms with van der Waals surface area (Å²) in [5.74, 6) is 1.81. The molecular weight excluding hydrogens is 346 g/mol. The largest absolute Gasteiger partial charge is 0.487 e. The lowest BCUT2D eigenvalue weighted by atomic mass is 9.90. The summed E-state index contributed by atoms with van der Waals surface area (Å²) in [4.78, 5) is 4.47. The van der Waals surface area contributed by atoms with Crippen LogP contribution in [0.5, 0.6) is 5.75 Å². The average Bonchev–Trinajstić information content (AvgIpc) is 2.65. The summed E-state index contributed by atoms with van der Waals surface area (Å²) in [5.41, 5.74) is 0.993. The summed E-state index contributed by atoms with van der Waals surface area (Å²) < 4.78 is 11.9. The normalized spacial score (nSPS) is 24.3. The summed E-state index contributed by atoms with van der Waals surface area (Å²) in [7, 11) is 1.83. The van der Waals surface area contributed by atoms with Crippen LogP contribution in [0.25, 0.3) is 0 Å². The average molecular weight is 378 g/mol. The Balaban J connectivity index is 1.68. The first-order chi connectivity index (χ1) is 12.5. The molecule has 1 aromatic rings. The Morgan fingerprint density at radius 3 is 2.69 bits per heavy atom. The van der Waals surface area contributed by atoms with E-state index in [0.717, 1.165) is 50.7 Å². The maximum absolute atomic E-state index is 6.14. The molecule has 0 aromatic heterocycles. The van der Waals surface area contributed by atoms with E-state index in [0.29, 0.717) is 0 Å². The standard InChI is InChI=1S/C20H31N3O2S/c1-19(2)13-16(15-7-5-6-8-17(15)25-19)23-18(21-3)22-14-20(26-4)9-11-24-12-10-20/h5-8,16H,9-14H2,1-4H3,(H2,21,22,23). The number of guanidine groups is 1. The van der Waals surface area contributed by atoms with Crippen LogP contribution in [-0.4, -0.2) is 49.4 Å². The van der Waals surface area contributed by atoms with Gasteiger partial charge < -0.3 is 20.1 Å². The number of ether oxygens (including phenoxy) is 2. The number of benzene rings is 1. The van der Waals surface area contributed by atoms with Crippen LogP contribution in [-0.2, 0) is 4.74 Å². The third kappa shape index (κ3) is 4.46. The maximum atomic E-state index is 6.14. The number of nitrogens with zero attached hydrogens (tertiary/aromatic N) is 1. The molecule has 2 N–H and O–H groups in total. The smallest absolute Gasteiger partial charge is 0.191 e. The molecule has 1 saturated heterocycles. The molecule has 5 nitrogen and oxygen atoms in total. The molecule has 2 heterocycles. The van der Waals surface area contributed by atoms with Gasteiger partial charge in [0.05, 0.1) is 6.04 Å². The number of fused-ring (bicyclic) bond motifs is 1. The minimum Gasteiger partial charge on any atom is -0.487 e. The minimum absolute atomic E-state index is 0.182. The molecule has 6 heteroatoms. The Morgan fingerprint density at radius 2 is 2.00 bits per heavy atom. The van der Waals surface area contributed by atoms with Crippen molar-refractivity contribution in [1.29, 1.82) is 0 Å². The second-order valence-corrected chi connectivity index (χ2v) is 9.00. The van der Waals surface area contributed by atoms with Crippen LogP contribution in [0.3, 0.4) is 0 Å². The highest BCUT2D eigenvalue weighted by Crippen LogP contribution is 2.39. The summed E-state index contributed by atoms with van der Waals surface area (Å²) in [6.07, 6.45) is 5.24. The molecule has 144 valence electrons. The topological polar surface area (TPSA) is 54.9 Å². The molecule has 1 fully saturated rings. The number of hydrogen-bond acceptors (Lipinski definition) is 4. The van der Waals surface area contributed by atoms with E-state index in [-0.39, 0.29) is 16.4 Å². The molecule has 1 aromatic carbocycles. The summed E-state index contributed by atoms with van der Waals surface area (Å²) in [5, 5.41) is 7.17. The van der Waals surface area contributed by atoms with Gasteiger partial charge in [0, 0.05) is 43.5 Å². The molecule has 0 saturated carbocycles. The van der Waals surface area contributed by atoms with E-state index in [2.05, 4.69) is 47.9 Å². The van der Waals surface area contributed by atoms with Crippen molar-refractivity contribution in [1.82, 2.24) is 10.6 Å². The highest BCUT2D eigenvalue weighted by Gasteiger charge is 2.35. The first-order valence-corrected chi connectivity index (χ1v) is 10.6. The fourth-order valence-electron chi connectivity index (χ4n) is 3.73. The van der Waals surface area contributed by atoms with Crippen LogP contribution in [0.4, 0.5) is 0 Å². The second-order valence-electron chi connectivity index (χ2n) is 7.73. The van der Waals surface area contributed by atoms with E-state index in [1.54, 1.807) is 0 Å². The first kappa shape index (κ1) is 19.4. The highest BCUT2D eigenvalue weighted by molar-refractivity contribution is 8.00. The van der Waals surface area contributed by atoms with E-state index in [9.17, 15) is 0 Å². The van der Waals surface area contributed by atoms with Crippen molar-refractivity contribution in [2.45, 2.75) is 49.5 Å². The van der Waals surface area contributed by atoms with Crippen molar-refractivity contribution in [3.05, 3.63) is 29.8 Å². The fraction of sp³-hybridized carbons (Fsp3) is 0.650. The van der Waals surface area contributed by atoms with Gasteiger partial charge in [0.25, 0.3) is 0 Å². The molecule has 2 aliphatic heterocycles. The number of rotatable bonds is 4. The van der Waals surface area contributed by atoms with Crippen LogP contribution in [0.15, 0.2) is 29.3 Å². The Hall–Kier alpha value is -1.40. The van der Waals surface area contributed by atoms with Gasteiger partial charge in [0.2, 0.25) is 0 Å². The third-order valence-electron chi connectivity index (χ3n) is 5.33. The number of thioether (sulfide) groups is 1. The van der Waals surface area contributed by atoms with Gasteiger partial charge in [0.15, 0.2) is 5.96 Å². The number of para-hydroxylation sites is 1.